The number of hydrogen-bond acceptors (Lipinski definition) is 7. The number of fused-ring (bicyclic) bond motifs is 8. The standard InChI is InChI=1S/C28H30N6O3/c35-26-25-5-2-8-34(25)18-20-14-22(27(36)33-9-11-37-12-10-33)16-23(15-20)31-28-29-7-6-24(32-28)21-4-1-3-19(13-21)17-30-26/h1,3-4,6-7,13-16,25H,2,5,8-12,17-18H2,(H,30,35)(H,29,31,32)/t25-/m0/s1. The van der Waals surface area contributed by atoms with Crippen LogP contribution in [-0.4, -0.2) is 70.5 Å². The van der Waals surface area contributed by atoms with Crippen LogP contribution in [0.5, 0.6) is 0 Å². The molecule has 2 aromatic carbocycles. The van der Waals surface area contributed by atoms with Gasteiger partial charge in [0.15, 0.2) is 0 Å². The molecule has 3 aliphatic heterocycles. The number of morpholine rings is 1. The van der Waals surface area contributed by atoms with Gasteiger partial charge >= 0.3 is 0 Å². The lowest BCUT2D eigenvalue weighted by Gasteiger charge is -2.28. The fourth-order valence-corrected chi connectivity index (χ4v) is 5.33. The molecule has 2 fully saturated rings. The minimum atomic E-state index is -0.192. The highest BCUT2D eigenvalue weighted by Gasteiger charge is 2.31. The summed E-state index contributed by atoms with van der Waals surface area (Å²) in [5.74, 6) is 0.479. The fourth-order valence-electron chi connectivity index (χ4n) is 5.33. The third-order valence-electron chi connectivity index (χ3n) is 7.19. The molecule has 3 aromatic rings. The highest BCUT2D eigenvalue weighted by atomic mass is 16.5. The number of hydrogen-bond donors (Lipinski definition) is 2. The second-order valence-corrected chi connectivity index (χ2v) is 9.76. The molecular formula is C28H30N6O3. The molecule has 6 rings (SSSR count). The first-order chi connectivity index (χ1) is 18.1. The van der Waals surface area contributed by atoms with E-state index in [1.165, 1.54) is 0 Å². The zero-order chi connectivity index (χ0) is 25.2. The lowest BCUT2D eigenvalue weighted by atomic mass is 10.1. The van der Waals surface area contributed by atoms with Gasteiger partial charge in [0.25, 0.3) is 5.91 Å². The van der Waals surface area contributed by atoms with Gasteiger partial charge in [-0.25, -0.2) is 9.97 Å². The fraction of sp³-hybridized carbons (Fsp3) is 0.357. The van der Waals surface area contributed by atoms with Gasteiger partial charge in [-0.15, -0.1) is 0 Å². The van der Waals surface area contributed by atoms with Gasteiger partial charge in [-0.2, -0.15) is 0 Å². The third kappa shape index (κ3) is 5.19. The number of amides is 2. The summed E-state index contributed by atoms with van der Waals surface area (Å²) in [5, 5.41) is 6.46. The maximum absolute atomic E-state index is 13.4. The Morgan fingerprint density at radius 2 is 1.92 bits per heavy atom. The molecule has 37 heavy (non-hydrogen) atoms. The van der Waals surface area contributed by atoms with Gasteiger partial charge in [-0.05, 0) is 60.8 Å². The van der Waals surface area contributed by atoms with Gasteiger partial charge in [0, 0.05) is 49.2 Å². The molecule has 190 valence electrons. The van der Waals surface area contributed by atoms with Crippen molar-refractivity contribution in [2.24, 2.45) is 0 Å². The lowest BCUT2D eigenvalue weighted by Crippen LogP contribution is -2.42. The Hall–Kier alpha value is -3.82. The van der Waals surface area contributed by atoms with E-state index >= 15 is 0 Å². The van der Waals surface area contributed by atoms with Crippen molar-refractivity contribution in [1.82, 2.24) is 25.1 Å². The molecule has 2 amide bonds. The number of ether oxygens (including phenoxy) is 1. The molecule has 4 heterocycles. The van der Waals surface area contributed by atoms with Gasteiger partial charge in [-0.3, -0.25) is 14.5 Å². The molecule has 2 N–H and O–H groups in total. The second kappa shape index (κ2) is 10.3. The van der Waals surface area contributed by atoms with Gasteiger partial charge in [-0.1, -0.05) is 18.2 Å². The summed E-state index contributed by atoms with van der Waals surface area (Å²) in [7, 11) is 0. The SMILES string of the molecule is O=C1NCc2cccc(c2)-c2ccnc(n2)Nc2cc(cc(C(=O)N3CCOCC3)c2)CN2CCC[C@@H]12. The van der Waals surface area contributed by atoms with E-state index in [1.54, 1.807) is 6.20 Å². The van der Waals surface area contributed by atoms with Crippen LogP contribution < -0.4 is 10.6 Å². The van der Waals surface area contributed by atoms with Crippen LogP contribution in [-0.2, 0) is 22.6 Å². The van der Waals surface area contributed by atoms with Crippen molar-refractivity contribution in [3.8, 4) is 11.3 Å². The van der Waals surface area contributed by atoms with Crippen LogP contribution in [0.2, 0.25) is 0 Å². The van der Waals surface area contributed by atoms with E-state index in [2.05, 4.69) is 20.5 Å². The second-order valence-electron chi connectivity index (χ2n) is 9.76. The number of nitrogens with one attached hydrogen (secondary N) is 2. The third-order valence-corrected chi connectivity index (χ3v) is 7.19. The maximum Gasteiger partial charge on any atom is 0.254 e. The van der Waals surface area contributed by atoms with Crippen molar-refractivity contribution >= 4 is 23.5 Å². The summed E-state index contributed by atoms with van der Waals surface area (Å²) < 4.78 is 5.43. The van der Waals surface area contributed by atoms with Gasteiger partial charge in [0.1, 0.15) is 0 Å². The molecule has 9 nitrogen and oxygen atoms in total. The first-order valence-electron chi connectivity index (χ1n) is 12.8. The molecule has 0 spiro atoms. The average Bonchev–Trinajstić information content (AvgIpc) is 3.39. The minimum absolute atomic E-state index is 0.0233. The minimum Gasteiger partial charge on any atom is -0.378 e. The van der Waals surface area contributed by atoms with E-state index in [9.17, 15) is 9.59 Å². The number of carbonyl (C=O) groups excluding carboxylic acids is 2. The van der Waals surface area contributed by atoms with Gasteiger partial charge in [0.05, 0.1) is 24.9 Å². The summed E-state index contributed by atoms with van der Waals surface area (Å²) in [4.78, 5) is 39.8. The highest BCUT2D eigenvalue weighted by Crippen LogP contribution is 2.26. The topological polar surface area (TPSA) is 99.7 Å². The van der Waals surface area contributed by atoms with Crippen LogP contribution in [0.1, 0.15) is 34.3 Å². The number of aromatic nitrogens is 2. The largest absolute Gasteiger partial charge is 0.378 e. The van der Waals surface area contributed by atoms with Crippen molar-refractivity contribution in [2.75, 3.05) is 38.2 Å². The zero-order valence-corrected chi connectivity index (χ0v) is 20.7. The molecule has 0 saturated carbocycles. The van der Waals surface area contributed by atoms with E-state index in [0.29, 0.717) is 50.9 Å². The van der Waals surface area contributed by atoms with Crippen LogP contribution in [0.25, 0.3) is 11.3 Å². The molecule has 2 saturated heterocycles. The molecular weight excluding hydrogens is 468 g/mol. The van der Waals surface area contributed by atoms with Crippen molar-refractivity contribution in [2.45, 2.75) is 32.0 Å². The Morgan fingerprint density at radius 3 is 2.81 bits per heavy atom. The summed E-state index contributed by atoms with van der Waals surface area (Å²) in [6.07, 6.45) is 3.51. The van der Waals surface area contributed by atoms with Crippen LogP contribution in [0, 0.1) is 0 Å². The van der Waals surface area contributed by atoms with Crippen LogP contribution in [0.4, 0.5) is 11.6 Å². The number of anilines is 2. The Kier molecular flexibility index (Phi) is 6.55. The van der Waals surface area contributed by atoms with E-state index in [4.69, 9.17) is 9.72 Å². The van der Waals surface area contributed by atoms with E-state index in [1.807, 2.05) is 53.4 Å². The zero-order valence-electron chi connectivity index (χ0n) is 20.7. The van der Waals surface area contributed by atoms with Crippen molar-refractivity contribution in [3.63, 3.8) is 0 Å². The normalized spacial score (nSPS) is 20.1. The summed E-state index contributed by atoms with van der Waals surface area (Å²) >= 11 is 0. The maximum atomic E-state index is 13.4. The van der Waals surface area contributed by atoms with Crippen molar-refractivity contribution in [1.29, 1.82) is 0 Å². The van der Waals surface area contributed by atoms with E-state index < -0.39 is 0 Å². The van der Waals surface area contributed by atoms with Gasteiger partial charge in [0.2, 0.25) is 11.9 Å². The first-order valence-corrected chi connectivity index (χ1v) is 12.8. The molecule has 0 radical (unpaired) electrons. The van der Waals surface area contributed by atoms with Crippen molar-refractivity contribution in [3.05, 3.63) is 71.4 Å². The van der Waals surface area contributed by atoms with Crippen LogP contribution >= 0.6 is 0 Å². The molecule has 0 aliphatic carbocycles. The highest BCUT2D eigenvalue weighted by molar-refractivity contribution is 5.95. The number of rotatable bonds is 1. The predicted molar refractivity (Wildman–Crippen MR) is 139 cm³/mol. The molecule has 1 atom stereocenters. The van der Waals surface area contributed by atoms with Crippen LogP contribution in [0.15, 0.2) is 54.7 Å². The number of carbonyl (C=O) groups is 2. The smallest absolute Gasteiger partial charge is 0.254 e. The first kappa shape index (κ1) is 23.6. The Balaban J connectivity index is 1.40. The van der Waals surface area contributed by atoms with E-state index in [-0.39, 0.29) is 17.9 Å². The summed E-state index contributed by atoms with van der Waals surface area (Å²) in [5.41, 5.74) is 5.06. The van der Waals surface area contributed by atoms with Crippen LogP contribution in [0.3, 0.4) is 0 Å². The Morgan fingerprint density at radius 1 is 1.03 bits per heavy atom. The van der Waals surface area contributed by atoms with E-state index in [0.717, 1.165) is 47.5 Å². The quantitative estimate of drug-likeness (QED) is 0.532. The molecule has 6 bridgehead atoms. The molecule has 0 unspecified atom stereocenters. The number of benzene rings is 2. The predicted octanol–water partition coefficient (Wildman–Crippen LogP) is 2.95. The Labute approximate surface area is 215 Å². The summed E-state index contributed by atoms with van der Waals surface area (Å²) in [6.45, 7) is 4.11. The number of nitrogens with zero attached hydrogens (tertiary/aromatic N) is 4. The average molecular weight is 499 g/mol. The lowest BCUT2D eigenvalue weighted by molar-refractivity contribution is -0.125. The Bertz CT molecular complexity index is 1320. The monoisotopic (exact) mass is 498 g/mol. The molecule has 3 aliphatic rings. The molecule has 1 aromatic heterocycles. The summed E-state index contributed by atoms with van der Waals surface area (Å²) in [6, 6.07) is 15.5. The van der Waals surface area contributed by atoms with Gasteiger partial charge < -0.3 is 20.3 Å². The molecule has 9 heteroatoms. The van der Waals surface area contributed by atoms with Crippen molar-refractivity contribution < 1.29 is 14.3 Å².